The third-order valence-corrected chi connectivity index (χ3v) is 2.40. The zero-order valence-corrected chi connectivity index (χ0v) is 9.59. The summed E-state index contributed by atoms with van der Waals surface area (Å²) in [6.07, 6.45) is 3.00. The van der Waals surface area contributed by atoms with Gasteiger partial charge in [0.05, 0.1) is 23.5 Å². The van der Waals surface area contributed by atoms with Crippen molar-refractivity contribution in [3.63, 3.8) is 0 Å². The number of imidazole rings is 1. The number of aromatic amines is 1. The van der Waals surface area contributed by atoms with Gasteiger partial charge in [0.2, 0.25) is 5.82 Å². The van der Waals surface area contributed by atoms with Crippen molar-refractivity contribution in [2.75, 3.05) is 0 Å². The summed E-state index contributed by atoms with van der Waals surface area (Å²) in [6.45, 7) is 0.206. The molecular formula is C11H9FN4O3. The van der Waals surface area contributed by atoms with Gasteiger partial charge in [-0.15, -0.1) is 0 Å². The average molecular weight is 264 g/mol. The fourth-order valence-corrected chi connectivity index (χ4v) is 1.46. The van der Waals surface area contributed by atoms with E-state index in [-0.39, 0.29) is 12.1 Å². The van der Waals surface area contributed by atoms with Gasteiger partial charge in [0.1, 0.15) is 0 Å². The van der Waals surface area contributed by atoms with Crippen LogP contribution in [-0.4, -0.2) is 20.8 Å². The van der Waals surface area contributed by atoms with Gasteiger partial charge in [0.15, 0.2) is 0 Å². The lowest BCUT2D eigenvalue weighted by Gasteiger charge is -2.03. The fourth-order valence-electron chi connectivity index (χ4n) is 1.46. The molecule has 8 heteroatoms. The minimum Gasteiger partial charge on any atom is -0.347 e. The standard InChI is InChI=1S/C11H9FN4O3/c12-9-3-7(1-2-10(9)16(18)19)11(17)14-5-8-4-13-6-15-8/h1-4,6H,5H2,(H,13,15)(H,14,17). The molecule has 1 aromatic carbocycles. The number of H-pyrrole nitrogens is 1. The first-order valence-corrected chi connectivity index (χ1v) is 5.27. The minimum absolute atomic E-state index is 0.0163. The number of hydrogen-bond donors (Lipinski definition) is 2. The molecule has 2 aromatic rings. The Morgan fingerprint density at radius 3 is 2.89 bits per heavy atom. The quantitative estimate of drug-likeness (QED) is 0.643. The molecule has 1 aromatic heterocycles. The zero-order valence-electron chi connectivity index (χ0n) is 9.59. The maximum Gasteiger partial charge on any atom is 0.304 e. The van der Waals surface area contributed by atoms with Gasteiger partial charge in [-0.3, -0.25) is 14.9 Å². The summed E-state index contributed by atoms with van der Waals surface area (Å²) < 4.78 is 13.3. The van der Waals surface area contributed by atoms with Crippen LogP contribution < -0.4 is 5.32 Å². The number of carbonyl (C=O) groups is 1. The number of nitrogens with one attached hydrogen (secondary N) is 2. The van der Waals surface area contributed by atoms with Crippen molar-refractivity contribution in [1.29, 1.82) is 0 Å². The topological polar surface area (TPSA) is 101 Å². The summed E-state index contributed by atoms with van der Waals surface area (Å²) in [5.74, 6) is -1.57. The van der Waals surface area contributed by atoms with Crippen molar-refractivity contribution in [3.8, 4) is 0 Å². The lowest BCUT2D eigenvalue weighted by Crippen LogP contribution is -2.23. The first-order chi connectivity index (χ1) is 9.08. The third-order valence-electron chi connectivity index (χ3n) is 2.40. The number of benzene rings is 1. The van der Waals surface area contributed by atoms with Gasteiger partial charge in [-0.05, 0) is 12.1 Å². The Labute approximate surface area is 106 Å². The van der Waals surface area contributed by atoms with Gasteiger partial charge >= 0.3 is 5.69 Å². The number of nitrogens with zero attached hydrogens (tertiary/aromatic N) is 2. The lowest BCUT2D eigenvalue weighted by molar-refractivity contribution is -0.387. The van der Waals surface area contributed by atoms with E-state index in [1.54, 1.807) is 0 Å². The van der Waals surface area contributed by atoms with Crippen molar-refractivity contribution in [3.05, 3.63) is 57.9 Å². The number of nitro groups is 1. The number of carbonyl (C=O) groups excluding carboxylic acids is 1. The SMILES string of the molecule is O=C(NCc1cnc[nH]1)c1ccc([N+](=O)[O-])c(F)c1. The van der Waals surface area contributed by atoms with Crippen molar-refractivity contribution >= 4 is 11.6 Å². The molecule has 2 N–H and O–H groups in total. The van der Waals surface area contributed by atoms with Crippen LogP contribution in [0.3, 0.4) is 0 Å². The fraction of sp³-hybridized carbons (Fsp3) is 0.0909. The summed E-state index contributed by atoms with van der Waals surface area (Å²) in [5.41, 5.74) is 0.0449. The van der Waals surface area contributed by atoms with Crippen molar-refractivity contribution in [1.82, 2.24) is 15.3 Å². The highest BCUT2D eigenvalue weighted by atomic mass is 19.1. The molecule has 0 spiro atoms. The highest BCUT2D eigenvalue weighted by molar-refractivity contribution is 5.94. The van der Waals surface area contributed by atoms with Crippen LogP contribution in [0.1, 0.15) is 16.1 Å². The van der Waals surface area contributed by atoms with E-state index in [9.17, 15) is 19.3 Å². The molecule has 1 amide bonds. The number of aromatic nitrogens is 2. The Morgan fingerprint density at radius 1 is 1.53 bits per heavy atom. The summed E-state index contributed by atoms with van der Waals surface area (Å²) in [5, 5.41) is 13.0. The molecule has 98 valence electrons. The maximum atomic E-state index is 13.3. The molecule has 0 bridgehead atoms. The number of nitro benzene ring substituents is 1. The van der Waals surface area contributed by atoms with E-state index >= 15 is 0 Å². The van der Waals surface area contributed by atoms with Crippen LogP contribution in [0.5, 0.6) is 0 Å². The van der Waals surface area contributed by atoms with Crippen LogP contribution >= 0.6 is 0 Å². The lowest BCUT2D eigenvalue weighted by atomic mass is 10.2. The molecule has 0 saturated heterocycles. The van der Waals surface area contributed by atoms with Gasteiger partial charge in [-0.25, -0.2) is 4.98 Å². The Hall–Kier alpha value is -2.77. The Morgan fingerprint density at radius 2 is 2.32 bits per heavy atom. The van der Waals surface area contributed by atoms with Gasteiger partial charge in [-0.1, -0.05) is 0 Å². The van der Waals surface area contributed by atoms with Crippen LogP contribution in [0, 0.1) is 15.9 Å². The van der Waals surface area contributed by atoms with Gasteiger partial charge in [-0.2, -0.15) is 4.39 Å². The van der Waals surface area contributed by atoms with E-state index in [0.717, 1.165) is 12.1 Å². The monoisotopic (exact) mass is 264 g/mol. The molecule has 0 aliphatic rings. The molecule has 0 saturated carbocycles. The summed E-state index contributed by atoms with van der Waals surface area (Å²) in [6, 6.07) is 2.99. The average Bonchev–Trinajstić information content (AvgIpc) is 2.88. The van der Waals surface area contributed by atoms with E-state index in [2.05, 4.69) is 15.3 Å². The number of hydrogen-bond acceptors (Lipinski definition) is 4. The van der Waals surface area contributed by atoms with E-state index in [0.29, 0.717) is 5.69 Å². The van der Waals surface area contributed by atoms with E-state index in [4.69, 9.17) is 0 Å². The normalized spacial score (nSPS) is 10.2. The maximum absolute atomic E-state index is 13.3. The second kappa shape index (κ2) is 5.25. The Bertz CT molecular complexity index is 612. The molecule has 19 heavy (non-hydrogen) atoms. The zero-order chi connectivity index (χ0) is 13.8. The number of amides is 1. The minimum atomic E-state index is -1.04. The Kier molecular flexibility index (Phi) is 3.51. The van der Waals surface area contributed by atoms with Crippen LogP contribution in [-0.2, 0) is 6.54 Å². The van der Waals surface area contributed by atoms with Crippen LogP contribution in [0.4, 0.5) is 10.1 Å². The smallest absolute Gasteiger partial charge is 0.304 e. The molecule has 0 atom stereocenters. The molecule has 0 unspecified atom stereocenters. The molecule has 0 aliphatic carbocycles. The van der Waals surface area contributed by atoms with E-state index < -0.39 is 22.3 Å². The molecule has 0 radical (unpaired) electrons. The first kappa shape index (κ1) is 12.7. The second-order valence-corrected chi connectivity index (χ2v) is 3.68. The molecule has 1 heterocycles. The van der Waals surface area contributed by atoms with Crippen molar-refractivity contribution in [2.24, 2.45) is 0 Å². The van der Waals surface area contributed by atoms with Crippen molar-refractivity contribution in [2.45, 2.75) is 6.54 Å². The highest BCUT2D eigenvalue weighted by Gasteiger charge is 2.16. The number of halogens is 1. The third kappa shape index (κ3) is 2.92. The summed E-state index contributed by atoms with van der Waals surface area (Å²) in [4.78, 5) is 27.9. The predicted molar refractivity (Wildman–Crippen MR) is 62.8 cm³/mol. The number of rotatable bonds is 4. The first-order valence-electron chi connectivity index (χ1n) is 5.27. The van der Waals surface area contributed by atoms with Crippen LogP contribution in [0.2, 0.25) is 0 Å². The van der Waals surface area contributed by atoms with Gasteiger partial charge in [0.25, 0.3) is 5.91 Å². The van der Waals surface area contributed by atoms with Crippen LogP contribution in [0.15, 0.2) is 30.7 Å². The van der Waals surface area contributed by atoms with Crippen molar-refractivity contribution < 1.29 is 14.1 Å². The van der Waals surface area contributed by atoms with E-state index in [1.165, 1.54) is 18.6 Å². The Balaban J connectivity index is 2.07. The van der Waals surface area contributed by atoms with Gasteiger partial charge < -0.3 is 10.3 Å². The highest BCUT2D eigenvalue weighted by Crippen LogP contribution is 2.17. The summed E-state index contributed by atoms with van der Waals surface area (Å²) in [7, 11) is 0. The molecule has 0 aliphatic heterocycles. The molecular weight excluding hydrogens is 255 g/mol. The predicted octanol–water partition coefficient (Wildman–Crippen LogP) is 1.39. The second-order valence-electron chi connectivity index (χ2n) is 3.68. The summed E-state index contributed by atoms with van der Waals surface area (Å²) >= 11 is 0. The molecule has 0 fully saturated rings. The van der Waals surface area contributed by atoms with Crippen LogP contribution in [0.25, 0.3) is 0 Å². The van der Waals surface area contributed by atoms with Gasteiger partial charge in [0, 0.05) is 17.8 Å². The molecule has 7 nitrogen and oxygen atoms in total. The van der Waals surface area contributed by atoms with E-state index in [1.807, 2.05) is 0 Å². The largest absolute Gasteiger partial charge is 0.347 e. The molecule has 2 rings (SSSR count).